The number of benzene rings is 1. The topological polar surface area (TPSA) is 50.3 Å². The van der Waals surface area contributed by atoms with Crippen LogP contribution in [0.2, 0.25) is 0 Å². The van der Waals surface area contributed by atoms with Crippen LogP contribution in [0.1, 0.15) is 10.4 Å². The average molecular weight is 270 g/mol. The second-order valence-corrected chi connectivity index (χ2v) is 5.24. The Labute approximate surface area is 114 Å². The third-order valence-corrected chi connectivity index (χ3v) is 3.87. The molecule has 0 radical (unpaired) electrons. The summed E-state index contributed by atoms with van der Waals surface area (Å²) in [5.41, 5.74) is 1.13. The van der Waals surface area contributed by atoms with Gasteiger partial charge in [0.15, 0.2) is 0 Å². The van der Waals surface area contributed by atoms with Crippen molar-refractivity contribution in [2.75, 3.05) is 11.9 Å². The second-order valence-electron chi connectivity index (χ2n) is 4.14. The van der Waals surface area contributed by atoms with Crippen LogP contribution in [0.5, 0.6) is 0 Å². The molecule has 2 heterocycles. The number of hydrogen-bond donors (Lipinski definition) is 0. The van der Waals surface area contributed by atoms with Gasteiger partial charge in [-0.3, -0.25) is 9.59 Å². The molecule has 1 aromatic carbocycles. The molecule has 1 aromatic heterocycles. The van der Waals surface area contributed by atoms with Crippen LogP contribution in [0.4, 0.5) is 5.69 Å². The zero-order valence-corrected chi connectivity index (χ0v) is 11.0. The molecule has 1 aliphatic rings. The number of anilines is 1. The third kappa shape index (κ3) is 2.02. The van der Waals surface area contributed by atoms with Crippen molar-refractivity contribution < 1.29 is 9.59 Å². The molecule has 3 rings (SSSR count). The predicted molar refractivity (Wildman–Crippen MR) is 72.5 cm³/mol. The second kappa shape index (κ2) is 4.51. The van der Waals surface area contributed by atoms with Gasteiger partial charge in [0.2, 0.25) is 0 Å². The van der Waals surface area contributed by atoms with Crippen molar-refractivity contribution in [3.8, 4) is 0 Å². The summed E-state index contributed by atoms with van der Waals surface area (Å²) in [6, 6.07) is 11.1. The highest BCUT2D eigenvalue weighted by molar-refractivity contribution is 7.99. The zero-order chi connectivity index (χ0) is 13.4. The number of amides is 1. The van der Waals surface area contributed by atoms with Gasteiger partial charge >= 0.3 is 0 Å². The van der Waals surface area contributed by atoms with Crippen LogP contribution in [-0.4, -0.2) is 23.7 Å². The summed E-state index contributed by atoms with van der Waals surface area (Å²) in [5.74, 6) is -0.915. The Hall–Kier alpha value is -2.14. The highest BCUT2D eigenvalue weighted by Gasteiger charge is 2.33. The van der Waals surface area contributed by atoms with Gasteiger partial charge in [-0.15, -0.1) is 0 Å². The van der Waals surface area contributed by atoms with Gasteiger partial charge in [0, 0.05) is 18.1 Å². The monoisotopic (exact) mass is 270 g/mol. The van der Waals surface area contributed by atoms with Gasteiger partial charge in [0.1, 0.15) is 5.03 Å². The van der Waals surface area contributed by atoms with E-state index in [9.17, 15) is 9.59 Å². The third-order valence-electron chi connectivity index (χ3n) is 2.93. The summed E-state index contributed by atoms with van der Waals surface area (Å²) < 4.78 is 0. The molecule has 0 spiro atoms. The highest BCUT2D eigenvalue weighted by Crippen LogP contribution is 2.34. The first-order valence-electron chi connectivity index (χ1n) is 5.72. The van der Waals surface area contributed by atoms with Crippen molar-refractivity contribution in [1.82, 2.24) is 4.98 Å². The van der Waals surface area contributed by atoms with E-state index < -0.39 is 11.7 Å². The first-order valence-corrected chi connectivity index (χ1v) is 6.54. The van der Waals surface area contributed by atoms with Crippen LogP contribution in [0.25, 0.3) is 0 Å². The van der Waals surface area contributed by atoms with Crippen LogP contribution in [0.3, 0.4) is 0 Å². The minimum Gasteiger partial charge on any atom is -0.308 e. The number of hydrogen-bond acceptors (Lipinski definition) is 4. The molecule has 0 saturated heterocycles. The molecule has 1 aliphatic heterocycles. The Balaban J connectivity index is 1.95. The summed E-state index contributed by atoms with van der Waals surface area (Å²) in [5, 5.41) is 0.876. The summed E-state index contributed by atoms with van der Waals surface area (Å²) in [7, 11) is 1.61. The Morgan fingerprint density at radius 2 is 2.00 bits per heavy atom. The number of Topliss-reactive ketones (excluding diaryl/α,β-unsaturated/α-hetero) is 1. The molecule has 2 aromatic rings. The minimum atomic E-state index is -0.477. The largest absolute Gasteiger partial charge is 0.308 e. The quantitative estimate of drug-likeness (QED) is 0.786. The lowest BCUT2D eigenvalue weighted by molar-refractivity contribution is -0.114. The van der Waals surface area contributed by atoms with E-state index in [0.717, 1.165) is 9.92 Å². The maximum atomic E-state index is 11.7. The summed E-state index contributed by atoms with van der Waals surface area (Å²) >= 11 is 1.50. The minimum absolute atomic E-state index is 0.438. The van der Waals surface area contributed by atoms with Crippen molar-refractivity contribution in [2.45, 2.75) is 9.92 Å². The molecule has 0 aliphatic carbocycles. The van der Waals surface area contributed by atoms with Crippen LogP contribution in [0, 0.1) is 0 Å². The van der Waals surface area contributed by atoms with Crippen molar-refractivity contribution in [3.05, 3.63) is 48.2 Å². The normalized spacial score (nSPS) is 13.8. The van der Waals surface area contributed by atoms with E-state index in [2.05, 4.69) is 4.98 Å². The van der Waals surface area contributed by atoms with Gasteiger partial charge in [-0.05, 0) is 30.3 Å². The number of ketones is 1. The average Bonchev–Trinajstić information content (AvgIpc) is 2.65. The van der Waals surface area contributed by atoms with Crippen LogP contribution in [0.15, 0.2) is 52.5 Å². The fourth-order valence-corrected chi connectivity index (χ4v) is 2.76. The van der Waals surface area contributed by atoms with Gasteiger partial charge in [-0.25, -0.2) is 4.98 Å². The summed E-state index contributed by atoms with van der Waals surface area (Å²) in [6.45, 7) is 0. The van der Waals surface area contributed by atoms with Crippen molar-refractivity contribution >= 4 is 29.1 Å². The maximum Gasteiger partial charge on any atom is 0.299 e. The SMILES string of the molecule is CN1C(=O)C(=O)c2ccc(Sc3ccccn3)cc21. The summed E-state index contributed by atoms with van der Waals surface area (Å²) in [4.78, 5) is 29.8. The molecule has 94 valence electrons. The summed E-state index contributed by atoms with van der Waals surface area (Å²) in [6.07, 6.45) is 1.73. The van der Waals surface area contributed by atoms with Gasteiger partial charge in [-0.1, -0.05) is 17.8 Å². The van der Waals surface area contributed by atoms with E-state index >= 15 is 0 Å². The number of carbonyl (C=O) groups excluding carboxylic acids is 2. The lowest BCUT2D eigenvalue weighted by Crippen LogP contribution is -2.24. The van der Waals surface area contributed by atoms with E-state index in [0.29, 0.717) is 11.3 Å². The van der Waals surface area contributed by atoms with Crippen LogP contribution < -0.4 is 4.90 Å². The van der Waals surface area contributed by atoms with Crippen molar-refractivity contribution in [2.24, 2.45) is 0 Å². The molecule has 1 amide bonds. The molecule has 0 bridgehead atoms. The fourth-order valence-electron chi connectivity index (χ4n) is 1.95. The highest BCUT2D eigenvalue weighted by atomic mass is 32.2. The van der Waals surface area contributed by atoms with E-state index in [-0.39, 0.29) is 0 Å². The van der Waals surface area contributed by atoms with Crippen LogP contribution in [-0.2, 0) is 4.79 Å². The van der Waals surface area contributed by atoms with E-state index in [1.807, 2.05) is 30.3 Å². The Morgan fingerprint density at radius 3 is 2.74 bits per heavy atom. The molecule has 4 nitrogen and oxygen atoms in total. The molecule has 19 heavy (non-hydrogen) atoms. The van der Waals surface area contributed by atoms with Crippen molar-refractivity contribution in [3.63, 3.8) is 0 Å². The Morgan fingerprint density at radius 1 is 1.16 bits per heavy atom. The maximum absolute atomic E-state index is 11.7. The van der Waals surface area contributed by atoms with E-state index in [1.165, 1.54) is 16.7 Å². The molecule has 5 heteroatoms. The molecule has 0 saturated carbocycles. The number of likely N-dealkylation sites (N-methyl/N-ethyl adjacent to an activating group) is 1. The predicted octanol–water partition coefficient (Wildman–Crippen LogP) is 2.39. The van der Waals surface area contributed by atoms with Crippen molar-refractivity contribution in [1.29, 1.82) is 0 Å². The zero-order valence-electron chi connectivity index (χ0n) is 10.2. The molecular weight excluding hydrogens is 260 g/mol. The smallest absolute Gasteiger partial charge is 0.299 e. The number of nitrogens with zero attached hydrogens (tertiary/aromatic N) is 2. The Bertz CT molecular complexity index is 670. The standard InChI is InChI=1S/C14H10N2O2S/c1-16-11-8-9(19-12-4-2-3-7-15-12)5-6-10(11)13(17)14(16)18/h2-8H,1H3. The lowest BCUT2D eigenvalue weighted by Gasteiger charge is -2.09. The van der Waals surface area contributed by atoms with E-state index in [1.54, 1.807) is 19.3 Å². The molecule has 0 N–H and O–H groups in total. The number of rotatable bonds is 2. The lowest BCUT2D eigenvalue weighted by atomic mass is 10.1. The molecule has 0 atom stereocenters. The Kier molecular flexibility index (Phi) is 2.83. The van der Waals surface area contributed by atoms with Gasteiger partial charge < -0.3 is 4.90 Å². The molecular formula is C14H10N2O2S. The number of pyridine rings is 1. The van der Waals surface area contributed by atoms with Gasteiger partial charge in [-0.2, -0.15) is 0 Å². The number of fused-ring (bicyclic) bond motifs is 1. The first kappa shape index (κ1) is 11.9. The van der Waals surface area contributed by atoms with Crippen LogP contribution >= 0.6 is 11.8 Å². The van der Waals surface area contributed by atoms with E-state index in [4.69, 9.17) is 0 Å². The molecule has 0 unspecified atom stereocenters. The number of carbonyl (C=O) groups is 2. The first-order chi connectivity index (χ1) is 9.16. The molecule has 0 fully saturated rings. The van der Waals surface area contributed by atoms with Gasteiger partial charge in [0.25, 0.3) is 11.7 Å². The number of aromatic nitrogens is 1. The fraction of sp³-hybridized carbons (Fsp3) is 0.0714. The van der Waals surface area contributed by atoms with Gasteiger partial charge in [0.05, 0.1) is 11.3 Å².